The number of aryl methyl sites for hydroxylation is 1. The van der Waals surface area contributed by atoms with Crippen LogP contribution in [0.25, 0.3) is 0 Å². The summed E-state index contributed by atoms with van der Waals surface area (Å²) in [4.78, 5) is 23.6. The summed E-state index contributed by atoms with van der Waals surface area (Å²) in [5.41, 5.74) is 0.215. The molecule has 0 aliphatic carbocycles. The van der Waals surface area contributed by atoms with Crippen LogP contribution in [-0.4, -0.2) is 47.2 Å². The predicted molar refractivity (Wildman–Crippen MR) is 105 cm³/mol. The maximum absolute atomic E-state index is 11.9. The predicted octanol–water partition coefficient (Wildman–Crippen LogP) is 1.32. The van der Waals surface area contributed by atoms with E-state index >= 15 is 0 Å². The Balaban J connectivity index is 2.03. The molecule has 0 saturated carbocycles. The van der Waals surface area contributed by atoms with E-state index in [-0.39, 0.29) is 17.6 Å². The van der Waals surface area contributed by atoms with Crippen molar-refractivity contribution in [2.24, 2.45) is 13.0 Å². The van der Waals surface area contributed by atoms with Crippen LogP contribution in [0.2, 0.25) is 0 Å². The van der Waals surface area contributed by atoms with E-state index in [1.54, 1.807) is 19.2 Å². The van der Waals surface area contributed by atoms with E-state index in [0.29, 0.717) is 12.5 Å². The first kappa shape index (κ1) is 21.4. The Morgan fingerprint density at radius 1 is 1.37 bits per heavy atom. The molecule has 2 heterocycles. The fourth-order valence-electron chi connectivity index (χ4n) is 3.24. The topological polar surface area (TPSA) is 97.3 Å². The van der Waals surface area contributed by atoms with Crippen LogP contribution in [-0.2, 0) is 11.8 Å². The van der Waals surface area contributed by atoms with Crippen molar-refractivity contribution >= 4 is 6.09 Å². The number of amides is 1. The van der Waals surface area contributed by atoms with Crippen molar-refractivity contribution in [3.63, 3.8) is 0 Å². The number of aromatic nitrogens is 2. The van der Waals surface area contributed by atoms with Gasteiger partial charge in [0.25, 0.3) is 5.56 Å². The fourth-order valence-corrected chi connectivity index (χ4v) is 3.24. The Morgan fingerprint density at radius 3 is 2.63 bits per heavy atom. The molecule has 1 aromatic rings. The van der Waals surface area contributed by atoms with Crippen LogP contribution in [0.3, 0.4) is 0 Å². The molecule has 2 atom stereocenters. The Hall–Kier alpha value is -1.93. The van der Waals surface area contributed by atoms with Crippen molar-refractivity contribution < 1.29 is 9.53 Å². The minimum atomic E-state index is -0.517. The van der Waals surface area contributed by atoms with Crippen LogP contribution in [0.4, 0.5) is 4.79 Å². The van der Waals surface area contributed by atoms with Crippen molar-refractivity contribution in [1.82, 2.24) is 25.7 Å². The molecule has 152 valence electrons. The largest absolute Gasteiger partial charge is 0.444 e. The van der Waals surface area contributed by atoms with Crippen LogP contribution < -0.4 is 21.5 Å². The lowest BCUT2D eigenvalue weighted by atomic mass is 9.87. The Bertz CT molecular complexity index is 677. The second-order valence-corrected chi connectivity index (χ2v) is 8.24. The molecule has 1 fully saturated rings. The number of alkyl carbamates (subject to hydrolysis) is 1. The molecule has 0 spiro atoms. The van der Waals surface area contributed by atoms with Gasteiger partial charge in [-0.25, -0.2) is 9.48 Å². The van der Waals surface area contributed by atoms with Crippen molar-refractivity contribution in [2.45, 2.75) is 58.2 Å². The number of carbonyl (C=O) groups excluding carboxylic acids is 1. The number of rotatable bonds is 6. The molecule has 1 aliphatic heterocycles. The van der Waals surface area contributed by atoms with E-state index in [1.165, 1.54) is 4.68 Å². The summed E-state index contributed by atoms with van der Waals surface area (Å²) >= 11 is 0. The van der Waals surface area contributed by atoms with Gasteiger partial charge in [-0.15, -0.1) is 0 Å². The highest BCUT2D eigenvalue weighted by molar-refractivity contribution is 5.67. The van der Waals surface area contributed by atoms with Gasteiger partial charge in [0.15, 0.2) is 0 Å². The summed E-state index contributed by atoms with van der Waals surface area (Å²) in [5, 5.41) is 14.2. The number of ether oxygens (including phenoxy) is 1. The molecule has 8 nitrogen and oxygen atoms in total. The first-order valence-electron chi connectivity index (χ1n) is 9.63. The van der Waals surface area contributed by atoms with Gasteiger partial charge in [0.2, 0.25) is 0 Å². The van der Waals surface area contributed by atoms with E-state index in [4.69, 9.17) is 4.74 Å². The minimum absolute atomic E-state index is 0.0225. The number of hydrogen-bond donors (Lipinski definition) is 3. The summed E-state index contributed by atoms with van der Waals surface area (Å²) in [5.74, 6) is 0.417. The van der Waals surface area contributed by atoms with Gasteiger partial charge in [-0.05, 0) is 65.6 Å². The second kappa shape index (κ2) is 9.32. The molecular formula is C19H33N5O3. The molecule has 0 aromatic carbocycles. The zero-order valence-corrected chi connectivity index (χ0v) is 17.0. The number of nitrogens with zero attached hydrogens (tertiary/aromatic N) is 2. The first-order valence-corrected chi connectivity index (χ1v) is 9.63. The third-order valence-corrected chi connectivity index (χ3v) is 4.57. The fraction of sp³-hybridized carbons (Fsp3) is 0.737. The third kappa shape index (κ3) is 6.95. The lowest BCUT2D eigenvalue weighted by Gasteiger charge is -2.33. The summed E-state index contributed by atoms with van der Waals surface area (Å²) < 4.78 is 6.66. The molecule has 8 heteroatoms. The number of piperidine rings is 1. The van der Waals surface area contributed by atoms with Crippen molar-refractivity contribution in [2.75, 3.05) is 19.6 Å². The van der Waals surface area contributed by atoms with Crippen LogP contribution in [0.1, 0.15) is 52.3 Å². The van der Waals surface area contributed by atoms with Crippen molar-refractivity contribution in [3.05, 3.63) is 28.2 Å². The van der Waals surface area contributed by atoms with Gasteiger partial charge in [-0.3, -0.25) is 4.79 Å². The van der Waals surface area contributed by atoms with Gasteiger partial charge in [-0.2, -0.15) is 5.10 Å². The highest BCUT2D eigenvalue weighted by Crippen LogP contribution is 2.27. The Kier molecular flexibility index (Phi) is 7.38. The summed E-state index contributed by atoms with van der Waals surface area (Å²) in [6.07, 6.45) is 1.65. The van der Waals surface area contributed by atoms with Crippen LogP contribution in [0, 0.1) is 5.92 Å². The molecule has 1 aromatic heterocycles. The Morgan fingerprint density at radius 2 is 2.04 bits per heavy atom. The van der Waals surface area contributed by atoms with Crippen molar-refractivity contribution in [3.8, 4) is 0 Å². The number of nitrogens with one attached hydrogen (secondary N) is 3. The molecule has 3 N–H and O–H groups in total. The highest BCUT2D eigenvalue weighted by atomic mass is 16.6. The summed E-state index contributed by atoms with van der Waals surface area (Å²) in [6, 6.07) is 3.41. The SMILES string of the molecule is CC(CNC(=O)OC(C)(C)C)NC(c1ccc(=O)n(C)n1)C1CCNCC1. The number of hydrogen-bond acceptors (Lipinski definition) is 6. The monoisotopic (exact) mass is 379 g/mol. The molecule has 1 amide bonds. The van der Waals surface area contributed by atoms with Crippen molar-refractivity contribution in [1.29, 1.82) is 0 Å². The lowest BCUT2D eigenvalue weighted by Crippen LogP contribution is -2.45. The van der Waals surface area contributed by atoms with Gasteiger partial charge >= 0.3 is 6.09 Å². The first-order chi connectivity index (χ1) is 12.7. The molecule has 0 bridgehead atoms. The molecule has 27 heavy (non-hydrogen) atoms. The molecule has 1 aliphatic rings. The normalized spacial score (nSPS) is 18.0. The van der Waals surface area contributed by atoms with Gasteiger partial charge in [-0.1, -0.05) is 0 Å². The highest BCUT2D eigenvalue weighted by Gasteiger charge is 2.28. The quantitative estimate of drug-likeness (QED) is 0.690. The molecule has 1 saturated heterocycles. The van der Waals surface area contributed by atoms with E-state index in [2.05, 4.69) is 21.0 Å². The molecular weight excluding hydrogens is 346 g/mol. The molecule has 2 rings (SSSR count). The van der Waals surface area contributed by atoms with E-state index in [9.17, 15) is 9.59 Å². The minimum Gasteiger partial charge on any atom is -0.444 e. The summed E-state index contributed by atoms with van der Waals surface area (Å²) in [6.45, 7) is 9.93. The maximum Gasteiger partial charge on any atom is 0.407 e. The van der Waals surface area contributed by atoms with E-state index in [0.717, 1.165) is 31.6 Å². The molecule has 2 unspecified atom stereocenters. The van der Waals surface area contributed by atoms with Crippen LogP contribution >= 0.6 is 0 Å². The van der Waals surface area contributed by atoms with Gasteiger partial charge in [0.05, 0.1) is 11.7 Å². The smallest absolute Gasteiger partial charge is 0.407 e. The zero-order valence-electron chi connectivity index (χ0n) is 17.0. The van der Waals surface area contributed by atoms with Crippen LogP contribution in [0.15, 0.2) is 16.9 Å². The van der Waals surface area contributed by atoms with Crippen LogP contribution in [0.5, 0.6) is 0 Å². The summed E-state index contributed by atoms with van der Waals surface area (Å²) in [7, 11) is 1.67. The zero-order chi connectivity index (χ0) is 20.0. The third-order valence-electron chi connectivity index (χ3n) is 4.57. The maximum atomic E-state index is 11.9. The lowest BCUT2D eigenvalue weighted by molar-refractivity contribution is 0.0521. The van der Waals surface area contributed by atoms with Gasteiger partial charge in [0, 0.05) is 25.7 Å². The van der Waals surface area contributed by atoms with E-state index < -0.39 is 11.7 Å². The molecule has 0 radical (unpaired) electrons. The van der Waals surface area contributed by atoms with Gasteiger partial charge < -0.3 is 20.7 Å². The average Bonchev–Trinajstić information content (AvgIpc) is 2.60. The second-order valence-electron chi connectivity index (χ2n) is 8.24. The average molecular weight is 380 g/mol. The standard InChI is InChI=1S/C19H33N5O3/c1-13(12-21-18(26)27-19(2,3)4)22-17(14-8-10-20-11-9-14)15-6-7-16(25)24(5)23-15/h6-7,13-14,17,20,22H,8-12H2,1-5H3,(H,21,26). The Labute approximate surface area is 161 Å². The number of carbonyl (C=O) groups is 1. The van der Waals surface area contributed by atoms with Gasteiger partial charge in [0.1, 0.15) is 5.60 Å². The van der Waals surface area contributed by atoms with E-state index in [1.807, 2.05) is 27.7 Å².